The minimum absolute atomic E-state index is 0.361. The molecule has 94 valence electrons. The molecule has 0 heterocycles. The minimum Gasteiger partial charge on any atom is -0.396 e. The Morgan fingerprint density at radius 3 is 2.50 bits per heavy atom. The fraction of sp³-hybridized carbons (Fsp3) is 1.00. The van der Waals surface area contributed by atoms with Crippen molar-refractivity contribution in [2.45, 2.75) is 53.4 Å². The molecule has 3 aliphatic rings. The first kappa shape index (κ1) is 12.4. The van der Waals surface area contributed by atoms with Gasteiger partial charge in [-0.15, -0.1) is 0 Å². The van der Waals surface area contributed by atoms with E-state index in [4.69, 9.17) is 5.11 Å². The normalized spacial score (nSPS) is 42.6. The molecule has 1 nitrogen and oxygen atoms in total. The number of hydrogen-bond donors (Lipinski definition) is 1. The number of aliphatic hydroxyl groups is 1. The van der Waals surface area contributed by atoms with Crippen LogP contribution in [0.4, 0.5) is 0 Å². The summed E-state index contributed by atoms with van der Waals surface area (Å²) in [4.78, 5) is 0. The van der Waals surface area contributed by atoms with Crippen LogP contribution in [0.15, 0.2) is 0 Å². The Morgan fingerprint density at radius 2 is 2.00 bits per heavy atom. The molecule has 0 aromatic heterocycles. The van der Waals surface area contributed by atoms with Gasteiger partial charge in [0.2, 0.25) is 0 Å². The van der Waals surface area contributed by atoms with Gasteiger partial charge in [0.05, 0.1) is 0 Å². The lowest BCUT2D eigenvalue weighted by molar-refractivity contribution is -0.130. The summed E-state index contributed by atoms with van der Waals surface area (Å²) in [6.45, 7) is 9.93. The van der Waals surface area contributed by atoms with Gasteiger partial charge in [0.1, 0.15) is 0 Å². The van der Waals surface area contributed by atoms with Gasteiger partial charge in [-0.2, -0.15) is 0 Å². The van der Waals surface area contributed by atoms with Crippen molar-refractivity contribution in [2.24, 2.45) is 35.0 Å². The lowest BCUT2D eigenvalue weighted by Gasteiger charge is -2.62. The lowest BCUT2D eigenvalue weighted by atomic mass is 9.43. The van der Waals surface area contributed by atoms with Crippen LogP contribution in [-0.4, -0.2) is 11.7 Å². The quantitative estimate of drug-likeness (QED) is 0.771. The van der Waals surface area contributed by atoms with Crippen molar-refractivity contribution in [3.8, 4) is 0 Å². The molecule has 3 fully saturated rings. The maximum absolute atomic E-state index is 9.07. The van der Waals surface area contributed by atoms with Crippen LogP contribution >= 0.6 is 0 Å². The predicted octanol–water partition coefficient (Wildman–Crippen LogP) is 3.71. The van der Waals surface area contributed by atoms with Crippen LogP contribution in [0.25, 0.3) is 0 Å². The van der Waals surface area contributed by atoms with Crippen molar-refractivity contribution < 1.29 is 5.11 Å². The van der Waals surface area contributed by atoms with Crippen LogP contribution in [0.2, 0.25) is 0 Å². The van der Waals surface area contributed by atoms with Crippen molar-refractivity contribution in [2.75, 3.05) is 6.61 Å². The Kier molecular flexibility index (Phi) is 3.36. The van der Waals surface area contributed by atoms with E-state index in [1.54, 1.807) is 0 Å². The van der Waals surface area contributed by atoms with Gasteiger partial charge in [-0.25, -0.2) is 0 Å². The molecular formula is C15H28O. The van der Waals surface area contributed by atoms with Gasteiger partial charge in [0.15, 0.2) is 0 Å². The summed E-state index contributed by atoms with van der Waals surface area (Å²) in [6, 6.07) is 0. The standard InChI is InChI=1S/C15H28O/c1-10(9-16)5-6-12-7-13-8-14(11(12)2)15(13,3)4/h10-14,16H,5-9H2,1-4H3/t10?,11-,12+,13+,14+/m1/s1. The highest BCUT2D eigenvalue weighted by atomic mass is 16.3. The lowest BCUT2D eigenvalue weighted by Crippen LogP contribution is -2.54. The molecule has 1 N–H and O–H groups in total. The third kappa shape index (κ3) is 1.92. The van der Waals surface area contributed by atoms with Gasteiger partial charge >= 0.3 is 0 Å². The molecule has 1 unspecified atom stereocenters. The minimum atomic E-state index is 0.361. The molecule has 3 saturated carbocycles. The smallest absolute Gasteiger partial charge is 0.0456 e. The summed E-state index contributed by atoms with van der Waals surface area (Å²) in [5, 5.41) is 9.07. The van der Waals surface area contributed by atoms with Crippen molar-refractivity contribution >= 4 is 0 Å². The van der Waals surface area contributed by atoms with E-state index in [1.165, 1.54) is 25.7 Å². The second kappa shape index (κ2) is 4.33. The molecule has 16 heavy (non-hydrogen) atoms. The van der Waals surface area contributed by atoms with Crippen molar-refractivity contribution in [1.82, 2.24) is 0 Å². The number of rotatable bonds is 4. The zero-order valence-electron chi connectivity index (χ0n) is 11.4. The van der Waals surface area contributed by atoms with Gasteiger partial charge in [-0.3, -0.25) is 0 Å². The molecule has 0 radical (unpaired) electrons. The second-order valence-electron chi connectivity index (χ2n) is 7.08. The van der Waals surface area contributed by atoms with Crippen LogP contribution in [0.1, 0.15) is 53.4 Å². The van der Waals surface area contributed by atoms with E-state index >= 15 is 0 Å². The second-order valence-corrected chi connectivity index (χ2v) is 7.08. The van der Waals surface area contributed by atoms with Gasteiger partial charge in [0.25, 0.3) is 0 Å². The first-order valence-corrected chi connectivity index (χ1v) is 7.07. The van der Waals surface area contributed by atoms with Crippen molar-refractivity contribution in [1.29, 1.82) is 0 Å². The highest BCUT2D eigenvalue weighted by Crippen LogP contribution is 2.63. The average Bonchev–Trinajstić information content (AvgIpc) is 2.26. The van der Waals surface area contributed by atoms with Gasteiger partial charge in [-0.05, 0) is 60.7 Å². The molecule has 0 spiro atoms. The van der Waals surface area contributed by atoms with E-state index in [2.05, 4.69) is 27.7 Å². The maximum atomic E-state index is 9.07. The Hall–Kier alpha value is -0.0400. The summed E-state index contributed by atoms with van der Waals surface area (Å²) >= 11 is 0. The largest absolute Gasteiger partial charge is 0.396 e. The average molecular weight is 224 g/mol. The molecule has 0 aromatic rings. The van der Waals surface area contributed by atoms with Crippen molar-refractivity contribution in [3.05, 3.63) is 0 Å². The molecule has 1 heteroatoms. The molecule has 3 aliphatic carbocycles. The van der Waals surface area contributed by atoms with Crippen LogP contribution in [0.5, 0.6) is 0 Å². The zero-order chi connectivity index (χ0) is 11.9. The highest BCUT2D eigenvalue weighted by Gasteiger charge is 2.55. The molecule has 0 aromatic carbocycles. The van der Waals surface area contributed by atoms with Gasteiger partial charge in [-0.1, -0.05) is 27.7 Å². The van der Waals surface area contributed by atoms with Crippen LogP contribution < -0.4 is 0 Å². The summed E-state index contributed by atoms with van der Waals surface area (Å²) in [5.41, 5.74) is 0.624. The van der Waals surface area contributed by atoms with E-state index < -0.39 is 0 Å². The summed E-state index contributed by atoms with van der Waals surface area (Å²) < 4.78 is 0. The monoisotopic (exact) mass is 224 g/mol. The predicted molar refractivity (Wildman–Crippen MR) is 68.1 cm³/mol. The van der Waals surface area contributed by atoms with Crippen molar-refractivity contribution in [3.63, 3.8) is 0 Å². The molecule has 0 saturated heterocycles. The molecule has 3 rings (SSSR count). The zero-order valence-corrected chi connectivity index (χ0v) is 11.4. The van der Waals surface area contributed by atoms with Gasteiger partial charge in [0, 0.05) is 6.61 Å². The maximum Gasteiger partial charge on any atom is 0.0456 e. The molecule has 0 aliphatic heterocycles. The molecule has 0 amide bonds. The SMILES string of the molecule is CC(CO)CC[C@H]1C[C@H]2C[C@@H]([C@@H]1C)C2(C)C. The van der Waals surface area contributed by atoms with E-state index in [0.29, 0.717) is 17.9 Å². The van der Waals surface area contributed by atoms with E-state index in [0.717, 1.165) is 23.7 Å². The van der Waals surface area contributed by atoms with E-state index in [1.807, 2.05) is 0 Å². The topological polar surface area (TPSA) is 20.2 Å². The molecule has 2 bridgehead atoms. The van der Waals surface area contributed by atoms with Gasteiger partial charge < -0.3 is 5.11 Å². The first-order valence-electron chi connectivity index (χ1n) is 7.07. The number of aliphatic hydroxyl groups excluding tert-OH is 1. The molecular weight excluding hydrogens is 196 g/mol. The first-order chi connectivity index (χ1) is 7.46. The van der Waals surface area contributed by atoms with Crippen LogP contribution in [0, 0.1) is 35.0 Å². The fourth-order valence-corrected chi connectivity index (χ4v) is 4.23. The third-order valence-electron chi connectivity index (χ3n) is 5.85. The molecule has 5 atom stereocenters. The third-order valence-corrected chi connectivity index (χ3v) is 5.85. The van der Waals surface area contributed by atoms with Crippen LogP contribution in [-0.2, 0) is 0 Å². The highest BCUT2D eigenvalue weighted by molar-refractivity contribution is 5.04. The Labute approximate surface area is 101 Å². The fourth-order valence-electron chi connectivity index (χ4n) is 4.23. The summed E-state index contributed by atoms with van der Waals surface area (Å²) in [7, 11) is 0. The Bertz CT molecular complexity index is 246. The van der Waals surface area contributed by atoms with Crippen LogP contribution in [0.3, 0.4) is 0 Å². The van der Waals surface area contributed by atoms with E-state index in [9.17, 15) is 0 Å². The Balaban J connectivity index is 1.86. The summed E-state index contributed by atoms with van der Waals surface area (Å²) in [6.07, 6.45) is 5.49. The number of hydrogen-bond acceptors (Lipinski definition) is 1. The Morgan fingerprint density at radius 1 is 1.31 bits per heavy atom. The summed E-state index contributed by atoms with van der Waals surface area (Å²) in [5.74, 6) is 4.30. The van der Waals surface area contributed by atoms with E-state index in [-0.39, 0.29) is 0 Å². The number of fused-ring (bicyclic) bond motifs is 2.